The summed E-state index contributed by atoms with van der Waals surface area (Å²) in [6, 6.07) is 4.04. The molecule has 1 amide bonds. The summed E-state index contributed by atoms with van der Waals surface area (Å²) in [5, 5.41) is 3.44. The van der Waals surface area contributed by atoms with Gasteiger partial charge in [0.05, 0.1) is 5.69 Å². The van der Waals surface area contributed by atoms with Gasteiger partial charge in [-0.05, 0) is 24.5 Å². The van der Waals surface area contributed by atoms with Gasteiger partial charge in [0.1, 0.15) is 0 Å². The molecule has 1 aliphatic heterocycles. The molecule has 0 atom stereocenters. The number of piperazine rings is 1. The number of hydrogen-bond acceptors (Lipinski definition) is 4. The van der Waals surface area contributed by atoms with Crippen molar-refractivity contribution in [3.8, 4) is 0 Å². The first-order valence-corrected chi connectivity index (χ1v) is 8.33. The first-order chi connectivity index (χ1) is 10.6. The fourth-order valence-electron chi connectivity index (χ4n) is 2.69. The van der Waals surface area contributed by atoms with Crippen molar-refractivity contribution in [1.82, 2.24) is 9.88 Å². The van der Waals surface area contributed by atoms with Gasteiger partial charge in [0.15, 0.2) is 5.82 Å². The molecular formula is C17H28N4O. The lowest BCUT2D eigenvalue weighted by molar-refractivity contribution is -0.132. The third-order valence-electron chi connectivity index (χ3n) is 3.87. The highest BCUT2D eigenvalue weighted by Crippen LogP contribution is 2.24. The molecule has 1 aliphatic rings. The van der Waals surface area contributed by atoms with Crippen LogP contribution in [0, 0.1) is 5.92 Å². The molecule has 5 nitrogen and oxygen atoms in total. The zero-order valence-electron chi connectivity index (χ0n) is 14.0. The van der Waals surface area contributed by atoms with E-state index in [1.165, 1.54) is 0 Å². The third kappa shape index (κ3) is 4.36. The van der Waals surface area contributed by atoms with Crippen LogP contribution in [0.2, 0.25) is 0 Å². The van der Waals surface area contributed by atoms with E-state index in [9.17, 15) is 4.79 Å². The molecule has 0 radical (unpaired) electrons. The average Bonchev–Trinajstić information content (AvgIpc) is 2.53. The highest BCUT2D eigenvalue weighted by molar-refractivity contribution is 5.77. The summed E-state index contributed by atoms with van der Waals surface area (Å²) in [6.07, 6.45) is 3.57. The second kappa shape index (κ2) is 8.01. The summed E-state index contributed by atoms with van der Waals surface area (Å²) >= 11 is 0. The topological polar surface area (TPSA) is 48.5 Å². The van der Waals surface area contributed by atoms with Gasteiger partial charge in [-0.1, -0.05) is 20.8 Å². The predicted molar refractivity (Wildman–Crippen MR) is 91.3 cm³/mol. The lowest BCUT2D eigenvalue weighted by Gasteiger charge is -2.36. The Kier molecular flexibility index (Phi) is 6.04. The molecule has 0 unspecified atom stereocenters. The van der Waals surface area contributed by atoms with Gasteiger partial charge in [-0.3, -0.25) is 4.79 Å². The maximum Gasteiger partial charge on any atom is 0.222 e. The van der Waals surface area contributed by atoms with Crippen LogP contribution in [-0.4, -0.2) is 48.5 Å². The van der Waals surface area contributed by atoms with Crippen LogP contribution in [0.5, 0.6) is 0 Å². The molecule has 1 fully saturated rings. The van der Waals surface area contributed by atoms with Gasteiger partial charge < -0.3 is 15.1 Å². The Morgan fingerprint density at radius 3 is 2.68 bits per heavy atom. The van der Waals surface area contributed by atoms with E-state index in [0.29, 0.717) is 12.3 Å². The number of nitrogens with one attached hydrogen (secondary N) is 1. The summed E-state index contributed by atoms with van der Waals surface area (Å²) in [4.78, 5) is 20.9. The first kappa shape index (κ1) is 16.6. The minimum atomic E-state index is 0.278. The van der Waals surface area contributed by atoms with Gasteiger partial charge in [-0.25, -0.2) is 4.98 Å². The number of hydrogen-bond donors (Lipinski definition) is 1. The average molecular weight is 304 g/mol. The summed E-state index contributed by atoms with van der Waals surface area (Å²) in [5.74, 6) is 1.71. The highest BCUT2D eigenvalue weighted by Gasteiger charge is 2.23. The van der Waals surface area contributed by atoms with Crippen LogP contribution in [-0.2, 0) is 4.79 Å². The Morgan fingerprint density at radius 1 is 1.32 bits per heavy atom. The zero-order valence-corrected chi connectivity index (χ0v) is 14.0. The monoisotopic (exact) mass is 304 g/mol. The second-order valence-corrected chi connectivity index (χ2v) is 6.27. The smallest absolute Gasteiger partial charge is 0.222 e. The van der Waals surface area contributed by atoms with Gasteiger partial charge in [0, 0.05) is 45.3 Å². The molecule has 0 aliphatic carbocycles. The van der Waals surface area contributed by atoms with Gasteiger partial charge >= 0.3 is 0 Å². The zero-order chi connectivity index (χ0) is 15.9. The molecule has 5 heteroatoms. The maximum atomic E-state index is 12.1. The molecule has 0 aromatic carbocycles. The van der Waals surface area contributed by atoms with Crippen molar-refractivity contribution in [3.63, 3.8) is 0 Å². The quantitative estimate of drug-likeness (QED) is 0.877. The normalized spacial score (nSPS) is 15.3. The summed E-state index contributed by atoms with van der Waals surface area (Å²) in [7, 11) is 0. The third-order valence-corrected chi connectivity index (χ3v) is 3.87. The van der Waals surface area contributed by atoms with Crippen LogP contribution in [0.3, 0.4) is 0 Å². The molecule has 1 aromatic rings. The van der Waals surface area contributed by atoms with Crippen LogP contribution < -0.4 is 10.2 Å². The summed E-state index contributed by atoms with van der Waals surface area (Å²) in [5.41, 5.74) is 1.09. The second-order valence-electron chi connectivity index (χ2n) is 6.27. The van der Waals surface area contributed by atoms with E-state index < -0.39 is 0 Å². The van der Waals surface area contributed by atoms with E-state index in [0.717, 1.165) is 50.6 Å². The molecule has 0 bridgehead atoms. The molecule has 2 heterocycles. The van der Waals surface area contributed by atoms with Crippen molar-refractivity contribution in [3.05, 3.63) is 18.3 Å². The number of carbonyl (C=O) groups excluding carboxylic acids is 1. The van der Waals surface area contributed by atoms with Gasteiger partial charge in [-0.2, -0.15) is 0 Å². The molecule has 22 heavy (non-hydrogen) atoms. The number of carbonyl (C=O) groups is 1. The summed E-state index contributed by atoms with van der Waals surface area (Å²) in [6.45, 7) is 10.6. The molecular weight excluding hydrogens is 276 g/mol. The number of pyridine rings is 1. The van der Waals surface area contributed by atoms with Crippen molar-refractivity contribution in [2.75, 3.05) is 42.9 Å². The fraction of sp³-hybridized carbons (Fsp3) is 0.647. The van der Waals surface area contributed by atoms with E-state index in [2.05, 4.69) is 42.0 Å². The van der Waals surface area contributed by atoms with E-state index in [1.807, 2.05) is 17.2 Å². The van der Waals surface area contributed by atoms with Crippen molar-refractivity contribution in [1.29, 1.82) is 0 Å². The van der Waals surface area contributed by atoms with Crippen molar-refractivity contribution in [2.24, 2.45) is 5.92 Å². The van der Waals surface area contributed by atoms with Crippen LogP contribution in [0.1, 0.15) is 33.6 Å². The lowest BCUT2D eigenvalue weighted by Crippen LogP contribution is -2.49. The van der Waals surface area contributed by atoms with Crippen LogP contribution >= 0.6 is 0 Å². The standard InChI is InChI=1S/C17H28N4O/c1-4-7-18-15-6-5-8-19-17(15)21-11-9-20(10-12-21)16(22)13-14(2)3/h5-6,8,14,18H,4,7,9-13H2,1-3H3. The molecule has 2 rings (SSSR count). The molecule has 122 valence electrons. The van der Waals surface area contributed by atoms with Crippen molar-refractivity contribution >= 4 is 17.4 Å². The molecule has 0 saturated carbocycles. The van der Waals surface area contributed by atoms with Crippen molar-refractivity contribution in [2.45, 2.75) is 33.6 Å². The minimum Gasteiger partial charge on any atom is -0.382 e. The number of aromatic nitrogens is 1. The van der Waals surface area contributed by atoms with E-state index in [1.54, 1.807) is 0 Å². The Balaban J connectivity index is 1.95. The van der Waals surface area contributed by atoms with Gasteiger partial charge in [0.2, 0.25) is 5.91 Å². The van der Waals surface area contributed by atoms with Gasteiger partial charge in [-0.15, -0.1) is 0 Å². The van der Waals surface area contributed by atoms with Gasteiger partial charge in [0.25, 0.3) is 0 Å². The Hall–Kier alpha value is -1.78. The molecule has 1 saturated heterocycles. The number of amides is 1. The number of anilines is 2. The van der Waals surface area contributed by atoms with Crippen LogP contribution in [0.4, 0.5) is 11.5 Å². The van der Waals surface area contributed by atoms with E-state index in [4.69, 9.17) is 0 Å². The fourth-order valence-corrected chi connectivity index (χ4v) is 2.69. The number of rotatable bonds is 6. The maximum absolute atomic E-state index is 12.1. The van der Waals surface area contributed by atoms with Crippen LogP contribution in [0.25, 0.3) is 0 Å². The highest BCUT2D eigenvalue weighted by atomic mass is 16.2. The first-order valence-electron chi connectivity index (χ1n) is 8.33. The van der Waals surface area contributed by atoms with E-state index in [-0.39, 0.29) is 5.91 Å². The lowest BCUT2D eigenvalue weighted by atomic mass is 10.1. The Bertz CT molecular complexity index is 481. The Morgan fingerprint density at radius 2 is 2.05 bits per heavy atom. The van der Waals surface area contributed by atoms with E-state index >= 15 is 0 Å². The number of nitrogens with zero attached hydrogens (tertiary/aromatic N) is 3. The van der Waals surface area contributed by atoms with Crippen LogP contribution in [0.15, 0.2) is 18.3 Å². The summed E-state index contributed by atoms with van der Waals surface area (Å²) < 4.78 is 0. The van der Waals surface area contributed by atoms with Crippen molar-refractivity contribution < 1.29 is 4.79 Å². The SMILES string of the molecule is CCCNc1cccnc1N1CCN(C(=O)CC(C)C)CC1. The molecule has 0 spiro atoms. The minimum absolute atomic E-state index is 0.278. The largest absolute Gasteiger partial charge is 0.382 e. The Labute approximate surface area is 133 Å². The predicted octanol–water partition coefficient (Wildman–Crippen LogP) is 2.60. The molecule has 1 N–H and O–H groups in total. The molecule has 1 aromatic heterocycles.